The van der Waals surface area contributed by atoms with Crippen LogP contribution in [0.1, 0.15) is 18.1 Å². The molecule has 1 unspecified atom stereocenters. The number of epoxide rings is 1. The summed E-state index contributed by atoms with van der Waals surface area (Å²) in [5.41, 5.74) is 1.05. The topological polar surface area (TPSA) is 105 Å². The predicted octanol–water partition coefficient (Wildman–Crippen LogP) is 2.36. The molecule has 0 radical (unpaired) electrons. The van der Waals surface area contributed by atoms with Gasteiger partial charge in [0.15, 0.2) is 10.1 Å². The Kier molecular flexibility index (Phi) is 5.31. The molecule has 10 heteroatoms. The highest BCUT2D eigenvalue weighted by Crippen LogP contribution is 2.37. The number of carbonyl (C=O) groups excluding carboxylic acids is 1. The van der Waals surface area contributed by atoms with Gasteiger partial charge in [-0.3, -0.25) is 0 Å². The van der Waals surface area contributed by atoms with Crippen molar-refractivity contribution in [3.63, 3.8) is 0 Å². The SMILES string of the molecule is O=C(OCCCOc1cccc2c(C3CO3)cccc12)C(F)(F)S(=O)(=O)[O-]. The van der Waals surface area contributed by atoms with E-state index in [0.29, 0.717) is 12.4 Å². The van der Waals surface area contributed by atoms with Gasteiger partial charge >= 0.3 is 11.2 Å². The van der Waals surface area contributed by atoms with Crippen LogP contribution in [-0.2, 0) is 24.4 Å². The fourth-order valence-corrected chi connectivity index (χ4v) is 2.79. The van der Waals surface area contributed by atoms with Gasteiger partial charge in [-0.05, 0) is 17.0 Å². The highest BCUT2D eigenvalue weighted by molar-refractivity contribution is 7.87. The van der Waals surface area contributed by atoms with Crippen LogP contribution < -0.4 is 4.74 Å². The first kappa shape index (κ1) is 19.5. The number of halogens is 2. The highest BCUT2D eigenvalue weighted by atomic mass is 32.2. The number of hydrogen-bond acceptors (Lipinski definition) is 7. The number of rotatable bonds is 8. The van der Waals surface area contributed by atoms with Crippen LogP contribution in [0.2, 0.25) is 0 Å². The lowest BCUT2D eigenvalue weighted by Gasteiger charge is -2.18. The second kappa shape index (κ2) is 7.37. The van der Waals surface area contributed by atoms with Crippen molar-refractivity contribution in [3.05, 3.63) is 42.0 Å². The van der Waals surface area contributed by atoms with Gasteiger partial charge in [0.1, 0.15) is 11.9 Å². The number of alkyl halides is 2. The summed E-state index contributed by atoms with van der Waals surface area (Å²) in [7, 11) is -6.12. The summed E-state index contributed by atoms with van der Waals surface area (Å²) in [5.74, 6) is -1.83. The number of esters is 1. The molecule has 0 aliphatic carbocycles. The molecule has 1 aliphatic heterocycles. The molecule has 1 saturated heterocycles. The van der Waals surface area contributed by atoms with Crippen LogP contribution in [-0.4, -0.2) is 44.0 Å². The molecule has 146 valence electrons. The highest BCUT2D eigenvalue weighted by Gasteiger charge is 2.48. The van der Waals surface area contributed by atoms with Crippen molar-refractivity contribution >= 4 is 26.9 Å². The van der Waals surface area contributed by atoms with Gasteiger partial charge in [-0.25, -0.2) is 13.2 Å². The summed E-state index contributed by atoms with van der Waals surface area (Å²) >= 11 is 0. The van der Waals surface area contributed by atoms with E-state index in [1.807, 2.05) is 30.3 Å². The zero-order chi connectivity index (χ0) is 19.7. The fourth-order valence-electron chi connectivity index (χ4n) is 2.53. The smallest absolute Gasteiger partial charge is 0.428 e. The Bertz CT molecular complexity index is 955. The van der Waals surface area contributed by atoms with E-state index in [-0.39, 0.29) is 19.1 Å². The summed E-state index contributed by atoms with van der Waals surface area (Å²) in [6.07, 6.45) is 0.102. The van der Waals surface area contributed by atoms with Crippen LogP contribution in [0.4, 0.5) is 8.78 Å². The van der Waals surface area contributed by atoms with Gasteiger partial charge in [-0.15, -0.1) is 0 Å². The molecule has 0 bridgehead atoms. The van der Waals surface area contributed by atoms with Gasteiger partial charge in [0, 0.05) is 11.8 Å². The average molecular weight is 401 g/mol. The number of fused-ring (bicyclic) bond motifs is 1. The van der Waals surface area contributed by atoms with Crippen LogP contribution in [0.3, 0.4) is 0 Å². The Morgan fingerprint density at radius 1 is 1.19 bits per heavy atom. The number of ether oxygens (including phenoxy) is 3. The molecule has 3 rings (SSSR count). The zero-order valence-electron chi connectivity index (χ0n) is 13.9. The summed E-state index contributed by atoms with van der Waals surface area (Å²) < 4.78 is 72.0. The van der Waals surface area contributed by atoms with Crippen LogP contribution in [0.5, 0.6) is 5.75 Å². The molecule has 0 aromatic heterocycles. The van der Waals surface area contributed by atoms with Gasteiger partial charge in [0.25, 0.3) is 0 Å². The van der Waals surface area contributed by atoms with Crippen LogP contribution in [0.15, 0.2) is 36.4 Å². The summed E-state index contributed by atoms with van der Waals surface area (Å²) in [5, 5.41) is -3.28. The fraction of sp³-hybridized carbons (Fsp3) is 0.353. The first-order valence-corrected chi connectivity index (χ1v) is 9.39. The maximum atomic E-state index is 13.0. The van der Waals surface area contributed by atoms with Crippen molar-refractivity contribution < 1.29 is 40.8 Å². The number of carbonyl (C=O) groups is 1. The molecule has 1 fully saturated rings. The van der Waals surface area contributed by atoms with Crippen LogP contribution in [0, 0.1) is 0 Å². The summed E-state index contributed by atoms with van der Waals surface area (Å²) in [6, 6.07) is 11.2. The molecule has 27 heavy (non-hydrogen) atoms. The van der Waals surface area contributed by atoms with E-state index < -0.39 is 27.9 Å². The van der Waals surface area contributed by atoms with Crippen molar-refractivity contribution in [1.82, 2.24) is 0 Å². The maximum Gasteiger partial charge on any atom is 0.428 e. The van der Waals surface area contributed by atoms with E-state index >= 15 is 0 Å². The van der Waals surface area contributed by atoms with Crippen LogP contribution in [0.25, 0.3) is 10.8 Å². The monoisotopic (exact) mass is 401 g/mol. The van der Waals surface area contributed by atoms with E-state index in [0.717, 1.165) is 16.3 Å². The lowest BCUT2D eigenvalue weighted by atomic mass is 10.0. The molecule has 0 spiro atoms. The molecule has 7 nitrogen and oxygen atoms in total. The molecular formula is C17H15F2O7S-. The lowest BCUT2D eigenvalue weighted by molar-refractivity contribution is -0.161. The van der Waals surface area contributed by atoms with Crippen LogP contribution >= 0.6 is 0 Å². The third kappa shape index (κ3) is 4.18. The maximum absolute atomic E-state index is 13.0. The first-order chi connectivity index (χ1) is 12.7. The quantitative estimate of drug-likeness (QED) is 0.289. The third-order valence-corrected chi connectivity index (χ3v) is 4.72. The van der Waals surface area contributed by atoms with E-state index in [2.05, 4.69) is 4.74 Å². The first-order valence-electron chi connectivity index (χ1n) is 7.98. The van der Waals surface area contributed by atoms with Crippen molar-refractivity contribution in [2.45, 2.75) is 17.8 Å². The standard InChI is InChI=1S/C17H16F2O7S/c18-17(19,27(21,22)23)16(20)25-9-3-8-24-14-7-2-4-11-12(14)5-1-6-13(11)15-10-26-15/h1-2,4-7,15H,3,8-10H2,(H,21,22,23)/p-1. The Balaban J connectivity index is 1.56. The summed E-state index contributed by atoms with van der Waals surface area (Å²) in [4.78, 5) is 11.0. The molecule has 1 heterocycles. The molecule has 2 aromatic rings. The van der Waals surface area contributed by atoms with Gasteiger partial charge < -0.3 is 18.8 Å². The Labute approximate surface area is 153 Å². The molecule has 1 aliphatic rings. The number of hydrogen-bond donors (Lipinski definition) is 0. The molecular weight excluding hydrogens is 386 g/mol. The minimum atomic E-state index is -6.12. The van der Waals surface area contributed by atoms with Gasteiger partial charge in [-0.2, -0.15) is 8.78 Å². The van der Waals surface area contributed by atoms with Crippen molar-refractivity contribution in [3.8, 4) is 5.75 Å². The average Bonchev–Trinajstić information content (AvgIpc) is 3.44. The summed E-state index contributed by atoms with van der Waals surface area (Å²) in [6.45, 7) is 0.182. The van der Waals surface area contributed by atoms with Gasteiger partial charge in [0.05, 0.1) is 19.8 Å². The molecule has 0 N–H and O–H groups in total. The largest absolute Gasteiger partial charge is 0.743 e. The predicted molar refractivity (Wildman–Crippen MR) is 88.4 cm³/mol. The van der Waals surface area contributed by atoms with Gasteiger partial charge in [0.2, 0.25) is 0 Å². The minimum Gasteiger partial charge on any atom is -0.743 e. The Morgan fingerprint density at radius 2 is 1.85 bits per heavy atom. The van der Waals surface area contributed by atoms with Crippen molar-refractivity contribution in [1.29, 1.82) is 0 Å². The Morgan fingerprint density at radius 3 is 2.52 bits per heavy atom. The zero-order valence-corrected chi connectivity index (χ0v) is 14.7. The van der Waals surface area contributed by atoms with Crippen molar-refractivity contribution in [2.24, 2.45) is 0 Å². The van der Waals surface area contributed by atoms with E-state index in [1.54, 1.807) is 6.07 Å². The molecule has 0 saturated carbocycles. The molecule has 1 atom stereocenters. The third-order valence-electron chi connectivity index (χ3n) is 3.93. The molecule has 0 amide bonds. The van der Waals surface area contributed by atoms with Crippen molar-refractivity contribution in [2.75, 3.05) is 19.8 Å². The lowest BCUT2D eigenvalue weighted by Crippen LogP contribution is -2.39. The second-order valence-corrected chi connectivity index (χ2v) is 7.25. The molecule has 2 aromatic carbocycles. The Hall–Kier alpha value is -2.30. The van der Waals surface area contributed by atoms with E-state index in [4.69, 9.17) is 9.47 Å². The normalized spacial score (nSPS) is 16.9. The van der Waals surface area contributed by atoms with Gasteiger partial charge in [-0.1, -0.05) is 30.3 Å². The minimum absolute atomic E-state index is 0.0303. The van der Waals surface area contributed by atoms with E-state index in [1.165, 1.54) is 0 Å². The number of benzene rings is 2. The van der Waals surface area contributed by atoms with E-state index in [9.17, 15) is 26.5 Å². The second-order valence-electron chi connectivity index (χ2n) is 5.83.